The fourth-order valence-electron chi connectivity index (χ4n) is 2.07. The Hall–Kier alpha value is -1.89. The van der Waals surface area contributed by atoms with Crippen molar-refractivity contribution in [2.45, 2.75) is 19.8 Å². The van der Waals surface area contributed by atoms with Crippen LogP contribution in [0.3, 0.4) is 0 Å². The number of esters is 1. The molecule has 108 valence electrons. The highest BCUT2D eigenvalue weighted by atomic mass is 32.1. The van der Waals surface area contributed by atoms with E-state index in [1.54, 1.807) is 12.3 Å². The third-order valence-electron chi connectivity index (χ3n) is 3.12. The standard InChI is InChI=1S/C13H16N2O4S/c1-8-7-20-12(13(18)19-2)11(8)14-9(16)6-15-5-3-4-10(15)17/h7H,3-6H2,1-2H3,(H,14,16). The molecular formula is C13H16N2O4S. The van der Waals surface area contributed by atoms with E-state index in [4.69, 9.17) is 0 Å². The number of likely N-dealkylation sites (tertiary alicyclic amines) is 1. The number of aryl methyl sites for hydroxylation is 1. The fraction of sp³-hybridized carbons (Fsp3) is 0.462. The molecule has 2 rings (SSSR count). The van der Waals surface area contributed by atoms with Gasteiger partial charge in [-0.05, 0) is 24.3 Å². The number of amides is 2. The summed E-state index contributed by atoms with van der Waals surface area (Å²) in [6, 6.07) is 0. The summed E-state index contributed by atoms with van der Waals surface area (Å²) in [7, 11) is 1.30. The third-order valence-corrected chi connectivity index (χ3v) is 4.19. The lowest BCUT2D eigenvalue weighted by Gasteiger charge is -2.15. The molecule has 2 heterocycles. The smallest absolute Gasteiger partial charge is 0.350 e. The summed E-state index contributed by atoms with van der Waals surface area (Å²) >= 11 is 1.22. The van der Waals surface area contributed by atoms with Crippen LogP contribution in [-0.2, 0) is 14.3 Å². The Morgan fingerprint density at radius 3 is 2.85 bits per heavy atom. The maximum absolute atomic E-state index is 12.0. The van der Waals surface area contributed by atoms with Crippen molar-refractivity contribution >= 4 is 34.8 Å². The first-order valence-electron chi connectivity index (χ1n) is 6.27. The van der Waals surface area contributed by atoms with E-state index < -0.39 is 5.97 Å². The van der Waals surface area contributed by atoms with Crippen molar-refractivity contribution < 1.29 is 19.1 Å². The molecule has 0 spiro atoms. The molecule has 1 N–H and O–H groups in total. The van der Waals surface area contributed by atoms with Crippen molar-refractivity contribution in [2.75, 3.05) is 25.5 Å². The van der Waals surface area contributed by atoms with Crippen molar-refractivity contribution in [3.63, 3.8) is 0 Å². The van der Waals surface area contributed by atoms with E-state index in [-0.39, 0.29) is 18.4 Å². The number of nitrogens with one attached hydrogen (secondary N) is 1. The van der Waals surface area contributed by atoms with Gasteiger partial charge in [-0.2, -0.15) is 0 Å². The maximum Gasteiger partial charge on any atom is 0.350 e. The van der Waals surface area contributed by atoms with Gasteiger partial charge in [0.2, 0.25) is 11.8 Å². The Morgan fingerprint density at radius 1 is 1.50 bits per heavy atom. The molecule has 1 aromatic rings. The first-order valence-corrected chi connectivity index (χ1v) is 7.15. The maximum atomic E-state index is 12.0. The number of carbonyl (C=O) groups is 3. The topological polar surface area (TPSA) is 75.7 Å². The first kappa shape index (κ1) is 14.5. The van der Waals surface area contributed by atoms with Gasteiger partial charge in [-0.3, -0.25) is 9.59 Å². The van der Waals surface area contributed by atoms with Crippen LogP contribution in [0.1, 0.15) is 28.1 Å². The molecule has 0 radical (unpaired) electrons. The number of thiophene rings is 1. The van der Waals surface area contributed by atoms with Crippen LogP contribution < -0.4 is 5.32 Å². The van der Waals surface area contributed by atoms with Gasteiger partial charge in [0.25, 0.3) is 0 Å². The van der Waals surface area contributed by atoms with Crippen LogP contribution in [0.15, 0.2) is 5.38 Å². The molecule has 0 saturated carbocycles. The molecule has 7 heteroatoms. The van der Waals surface area contributed by atoms with E-state index >= 15 is 0 Å². The van der Waals surface area contributed by atoms with Gasteiger partial charge in [0.1, 0.15) is 4.88 Å². The van der Waals surface area contributed by atoms with E-state index in [1.165, 1.54) is 23.3 Å². The minimum absolute atomic E-state index is 0.00428. The number of rotatable bonds is 4. The second kappa shape index (κ2) is 6.04. The third kappa shape index (κ3) is 2.98. The molecule has 1 aliphatic rings. The summed E-state index contributed by atoms with van der Waals surface area (Å²) < 4.78 is 4.68. The Bertz CT molecular complexity index is 553. The zero-order chi connectivity index (χ0) is 14.7. The molecule has 0 bridgehead atoms. The highest BCUT2D eigenvalue weighted by Gasteiger charge is 2.24. The van der Waals surface area contributed by atoms with E-state index in [2.05, 4.69) is 10.1 Å². The minimum atomic E-state index is -0.476. The summed E-state index contributed by atoms with van der Waals surface area (Å²) in [6.07, 6.45) is 1.29. The van der Waals surface area contributed by atoms with Crippen LogP contribution in [0.2, 0.25) is 0 Å². The van der Waals surface area contributed by atoms with Crippen LogP contribution in [0.4, 0.5) is 5.69 Å². The molecule has 0 unspecified atom stereocenters. The first-order chi connectivity index (χ1) is 9.52. The van der Waals surface area contributed by atoms with Crippen LogP contribution in [-0.4, -0.2) is 42.9 Å². The lowest BCUT2D eigenvalue weighted by molar-refractivity contribution is -0.131. The monoisotopic (exact) mass is 296 g/mol. The molecule has 0 aromatic carbocycles. The van der Waals surface area contributed by atoms with E-state index in [0.717, 1.165) is 12.0 Å². The van der Waals surface area contributed by atoms with Gasteiger partial charge in [0, 0.05) is 13.0 Å². The van der Waals surface area contributed by atoms with Crippen LogP contribution in [0.5, 0.6) is 0 Å². The SMILES string of the molecule is COC(=O)c1scc(C)c1NC(=O)CN1CCCC1=O. The summed E-state index contributed by atoms with van der Waals surface area (Å²) in [5, 5.41) is 4.48. The van der Waals surface area contributed by atoms with E-state index in [9.17, 15) is 14.4 Å². The average Bonchev–Trinajstić information content (AvgIpc) is 2.97. The van der Waals surface area contributed by atoms with Crippen molar-refractivity contribution in [2.24, 2.45) is 0 Å². The lowest BCUT2D eigenvalue weighted by Crippen LogP contribution is -2.34. The van der Waals surface area contributed by atoms with Gasteiger partial charge in [-0.15, -0.1) is 11.3 Å². The highest BCUT2D eigenvalue weighted by molar-refractivity contribution is 7.12. The van der Waals surface area contributed by atoms with Gasteiger partial charge in [-0.1, -0.05) is 0 Å². The number of carbonyl (C=O) groups excluding carboxylic acids is 3. The zero-order valence-corrected chi connectivity index (χ0v) is 12.2. The average molecular weight is 296 g/mol. The zero-order valence-electron chi connectivity index (χ0n) is 11.4. The van der Waals surface area contributed by atoms with Crippen molar-refractivity contribution in [3.05, 3.63) is 15.8 Å². The van der Waals surface area contributed by atoms with Gasteiger partial charge < -0.3 is 15.0 Å². The van der Waals surface area contributed by atoms with Crippen molar-refractivity contribution in [1.29, 1.82) is 0 Å². The predicted molar refractivity (Wildman–Crippen MR) is 74.8 cm³/mol. The number of anilines is 1. The Kier molecular flexibility index (Phi) is 4.39. The second-order valence-corrected chi connectivity index (χ2v) is 5.46. The molecule has 2 amide bonds. The van der Waals surface area contributed by atoms with E-state index in [0.29, 0.717) is 23.5 Å². The largest absolute Gasteiger partial charge is 0.465 e. The molecule has 1 aliphatic heterocycles. The molecular weight excluding hydrogens is 280 g/mol. The number of methoxy groups -OCH3 is 1. The Morgan fingerprint density at radius 2 is 2.25 bits per heavy atom. The number of hydrogen-bond donors (Lipinski definition) is 1. The Labute approximate surface area is 120 Å². The van der Waals surface area contributed by atoms with Gasteiger partial charge in [0.05, 0.1) is 19.3 Å². The lowest BCUT2D eigenvalue weighted by atomic mass is 10.2. The normalized spacial score (nSPS) is 14.5. The van der Waals surface area contributed by atoms with Crippen molar-refractivity contribution in [1.82, 2.24) is 4.90 Å². The van der Waals surface area contributed by atoms with E-state index in [1.807, 2.05) is 0 Å². The predicted octanol–water partition coefficient (Wildman–Crippen LogP) is 1.40. The molecule has 0 atom stereocenters. The molecule has 0 aliphatic carbocycles. The second-order valence-electron chi connectivity index (χ2n) is 4.58. The number of nitrogens with zero attached hydrogens (tertiary/aromatic N) is 1. The molecule has 1 aromatic heterocycles. The minimum Gasteiger partial charge on any atom is -0.465 e. The van der Waals surface area contributed by atoms with Gasteiger partial charge >= 0.3 is 5.97 Å². The molecule has 6 nitrogen and oxygen atoms in total. The van der Waals surface area contributed by atoms with Crippen LogP contribution >= 0.6 is 11.3 Å². The molecule has 1 fully saturated rings. The molecule has 20 heavy (non-hydrogen) atoms. The summed E-state index contributed by atoms with van der Waals surface area (Å²) in [5.41, 5.74) is 1.27. The van der Waals surface area contributed by atoms with Gasteiger partial charge in [0.15, 0.2) is 0 Å². The van der Waals surface area contributed by atoms with Gasteiger partial charge in [-0.25, -0.2) is 4.79 Å². The number of ether oxygens (including phenoxy) is 1. The summed E-state index contributed by atoms with van der Waals surface area (Å²) in [6.45, 7) is 2.44. The van der Waals surface area contributed by atoms with Crippen LogP contribution in [0, 0.1) is 6.92 Å². The molecule has 1 saturated heterocycles. The summed E-state index contributed by atoms with van der Waals surface area (Å²) in [4.78, 5) is 36.9. The fourth-order valence-corrected chi connectivity index (χ4v) is 2.99. The quantitative estimate of drug-likeness (QED) is 0.852. The Balaban J connectivity index is 2.06. The van der Waals surface area contributed by atoms with Crippen molar-refractivity contribution in [3.8, 4) is 0 Å². The van der Waals surface area contributed by atoms with Crippen LogP contribution in [0.25, 0.3) is 0 Å². The number of hydrogen-bond acceptors (Lipinski definition) is 5. The summed E-state index contributed by atoms with van der Waals surface area (Å²) in [5.74, 6) is -0.780. The highest BCUT2D eigenvalue weighted by Crippen LogP contribution is 2.28.